The van der Waals surface area contributed by atoms with Gasteiger partial charge in [0, 0.05) is 38.9 Å². The van der Waals surface area contributed by atoms with Crippen molar-refractivity contribution < 1.29 is 18.0 Å². The molecule has 1 aliphatic heterocycles. The highest BCUT2D eigenvalue weighted by atomic mass is 127. The minimum absolute atomic E-state index is 0. The first kappa shape index (κ1) is 24.2. The number of carbonyl (C=O) groups is 1. The van der Waals surface area contributed by atoms with Gasteiger partial charge >= 0.3 is 6.18 Å². The Hall–Kier alpha value is -1.86. The topological polar surface area (TPSA) is 94.5 Å². The summed E-state index contributed by atoms with van der Waals surface area (Å²) in [7, 11) is 0. The van der Waals surface area contributed by atoms with E-state index in [0.29, 0.717) is 19.0 Å². The summed E-state index contributed by atoms with van der Waals surface area (Å²) in [6, 6.07) is 0.816. The van der Waals surface area contributed by atoms with Crippen LogP contribution in [0.25, 0.3) is 0 Å². The van der Waals surface area contributed by atoms with Gasteiger partial charge in [-0.25, -0.2) is 15.0 Å². The van der Waals surface area contributed by atoms with Gasteiger partial charge < -0.3 is 20.9 Å². The van der Waals surface area contributed by atoms with E-state index < -0.39 is 11.9 Å². The summed E-state index contributed by atoms with van der Waals surface area (Å²) in [5.74, 6) is 0.356. The lowest BCUT2D eigenvalue weighted by molar-refractivity contribution is -0.141. The fourth-order valence-electron chi connectivity index (χ4n) is 2.51. The normalized spacial score (nSPS) is 14.4. The van der Waals surface area contributed by atoms with Crippen LogP contribution in [-0.2, 0) is 11.0 Å². The minimum atomic E-state index is -4.51. The number of alkyl halides is 3. The summed E-state index contributed by atoms with van der Waals surface area (Å²) in [6.45, 7) is 4.77. The molecule has 8 nitrogen and oxygen atoms in total. The number of nitrogens with one attached hydrogen (secondary N) is 3. The smallest absolute Gasteiger partial charge is 0.357 e. The third-order valence-corrected chi connectivity index (χ3v) is 3.82. The summed E-state index contributed by atoms with van der Waals surface area (Å²) in [4.78, 5) is 25.3. The Morgan fingerprint density at radius 1 is 1.25 bits per heavy atom. The van der Waals surface area contributed by atoms with Gasteiger partial charge in [-0.15, -0.1) is 24.0 Å². The molecule has 1 aliphatic rings. The van der Waals surface area contributed by atoms with Gasteiger partial charge in [-0.1, -0.05) is 0 Å². The van der Waals surface area contributed by atoms with E-state index in [9.17, 15) is 18.0 Å². The van der Waals surface area contributed by atoms with E-state index in [1.165, 1.54) is 0 Å². The monoisotopic (exact) mass is 515 g/mol. The Morgan fingerprint density at radius 3 is 2.61 bits per heavy atom. The predicted molar refractivity (Wildman–Crippen MR) is 111 cm³/mol. The van der Waals surface area contributed by atoms with E-state index in [2.05, 4.69) is 30.9 Å². The summed E-state index contributed by atoms with van der Waals surface area (Å²) in [5.41, 5.74) is -0.997. The molecule has 0 unspecified atom stereocenters. The van der Waals surface area contributed by atoms with E-state index in [-0.39, 0.29) is 48.9 Å². The number of guanidine groups is 1. The summed E-state index contributed by atoms with van der Waals surface area (Å²) in [6.07, 6.45) is -1.40. The Balaban J connectivity index is 0.00000392. The molecule has 0 spiro atoms. The van der Waals surface area contributed by atoms with Crippen LogP contribution in [0.4, 0.5) is 19.1 Å². The van der Waals surface area contributed by atoms with Crippen molar-refractivity contribution in [3.8, 4) is 0 Å². The Morgan fingerprint density at radius 2 is 1.96 bits per heavy atom. The van der Waals surface area contributed by atoms with E-state index in [1.807, 2.05) is 6.92 Å². The molecule has 3 N–H and O–H groups in total. The molecule has 0 aliphatic carbocycles. The van der Waals surface area contributed by atoms with Crippen LogP contribution in [-0.4, -0.2) is 66.0 Å². The molecule has 12 heteroatoms. The molecule has 0 aromatic carbocycles. The van der Waals surface area contributed by atoms with Crippen molar-refractivity contribution in [2.75, 3.05) is 44.6 Å². The van der Waals surface area contributed by atoms with Gasteiger partial charge in [0.05, 0.1) is 0 Å². The number of rotatable bonds is 7. The summed E-state index contributed by atoms with van der Waals surface area (Å²) in [5, 5.41) is 8.75. The van der Waals surface area contributed by atoms with Gasteiger partial charge in [0.15, 0.2) is 5.96 Å². The fraction of sp³-hybridized carbons (Fsp3) is 0.625. The SMILES string of the molecule is CCNC(=NCC(=O)N1CCCC1)NCCNc1nccc(C(F)(F)F)n1.I. The Labute approximate surface area is 178 Å². The highest BCUT2D eigenvalue weighted by Gasteiger charge is 2.32. The lowest BCUT2D eigenvalue weighted by Gasteiger charge is -2.15. The number of hydrogen-bond acceptors (Lipinski definition) is 5. The summed E-state index contributed by atoms with van der Waals surface area (Å²) < 4.78 is 37.9. The van der Waals surface area contributed by atoms with E-state index in [1.54, 1.807) is 4.90 Å². The molecular weight excluding hydrogens is 490 g/mol. The fourth-order valence-corrected chi connectivity index (χ4v) is 2.51. The molecule has 1 aromatic rings. The molecule has 158 valence electrons. The third-order valence-electron chi connectivity index (χ3n) is 3.82. The van der Waals surface area contributed by atoms with E-state index in [0.717, 1.165) is 38.2 Å². The van der Waals surface area contributed by atoms with Gasteiger partial charge in [-0.05, 0) is 25.8 Å². The van der Waals surface area contributed by atoms with Crippen LogP contribution in [0.2, 0.25) is 0 Å². The zero-order valence-corrected chi connectivity index (χ0v) is 17.9. The summed E-state index contributed by atoms with van der Waals surface area (Å²) >= 11 is 0. The molecule has 1 fully saturated rings. The van der Waals surface area contributed by atoms with E-state index in [4.69, 9.17) is 0 Å². The molecule has 0 radical (unpaired) electrons. The van der Waals surface area contributed by atoms with Crippen molar-refractivity contribution in [1.29, 1.82) is 0 Å². The molecule has 1 amide bonds. The molecule has 0 atom stereocenters. The second-order valence-electron chi connectivity index (χ2n) is 5.90. The number of carbonyl (C=O) groups excluding carboxylic acids is 1. The van der Waals surface area contributed by atoms with Crippen LogP contribution in [0.15, 0.2) is 17.3 Å². The number of anilines is 1. The number of halogens is 4. The minimum Gasteiger partial charge on any atom is -0.357 e. The van der Waals surface area contributed by atoms with Gasteiger partial charge in [0.2, 0.25) is 11.9 Å². The number of aromatic nitrogens is 2. The Kier molecular flexibility index (Phi) is 10.2. The lowest BCUT2D eigenvalue weighted by atomic mass is 10.4. The van der Waals surface area contributed by atoms with Crippen LogP contribution in [0.3, 0.4) is 0 Å². The second-order valence-corrected chi connectivity index (χ2v) is 5.90. The molecular formula is C16H25F3IN7O. The zero-order chi connectivity index (χ0) is 19.7. The van der Waals surface area contributed by atoms with Gasteiger partial charge in [0.25, 0.3) is 0 Å². The van der Waals surface area contributed by atoms with Crippen molar-refractivity contribution in [2.24, 2.45) is 4.99 Å². The highest BCUT2D eigenvalue weighted by Crippen LogP contribution is 2.27. The van der Waals surface area contributed by atoms with Gasteiger partial charge in [-0.3, -0.25) is 4.79 Å². The largest absolute Gasteiger partial charge is 0.433 e. The molecule has 1 saturated heterocycles. The average Bonchev–Trinajstić information content (AvgIpc) is 3.17. The average molecular weight is 515 g/mol. The van der Waals surface area contributed by atoms with Gasteiger partial charge in [0.1, 0.15) is 12.2 Å². The molecule has 2 heterocycles. The number of amides is 1. The van der Waals surface area contributed by atoms with Crippen molar-refractivity contribution in [2.45, 2.75) is 25.9 Å². The third kappa shape index (κ3) is 8.02. The molecule has 0 saturated carbocycles. The van der Waals surface area contributed by atoms with Gasteiger partial charge in [-0.2, -0.15) is 13.2 Å². The Bertz CT molecular complexity index is 651. The van der Waals surface area contributed by atoms with Crippen LogP contribution in [0.5, 0.6) is 0 Å². The van der Waals surface area contributed by atoms with Crippen molar-refractivity contribution in [3.63, 3.8) is 0 Å². The maximum atomic E-state index is 12.6. The first-order valence-corrected chi connectivity index (χ1v) is 8.84. The molecule has 1 aromatic heterocycles. The van der Waals surface area contributed by atoms with Crippen LogP contribution in [0.1, 0.15) is 25.5 Å². The van der Waals surface area contributed by atoms with Crippen molar-refractivity contribution >= 4 is 41.8 Å². The second kappa shape index (κ2) is 11.9. The first-order valence-electron chi connectivity index (χ1n) is 8.84. The number of likely N-dealkylation sites (tertiary alicyclic amines) is 1. The number of aliphatic imine (C=N–C) groups is 1. The first-order chi connectivity index (χ1) is 12.9. The van der Waals surface area contributed by atoms with Crippen molar-refractivity contribution in [1.82, 2.24) is 25.5 Å². The van der Waals surface area contributed by atoms with Crippen LogP contribution >= 0.6 is 24.0 Å². The highest BCUT2D eigenvalue weighted by molar-refractivity contribution is 14.0. The number of hydrogen-bond donors (Lipinski definition) is 3. The zero-order valence-electron chi connectivity index (χ0n) is 15.6. The molecule has 0 bridgehead atoms. The van der Waals surface area contributed by atoms with Crippen molar-refractivity contribution in [3.05, 3.63) is 18.0 Å². The maximum Gasteiger partial charge on any atom is 0.433 e. The maximum absolute atomic E-state index is 12.6. The molecule has 2 rings (SSSR count). The van der Waals surface area contributed by atoms with E-state index >= 15 is 0 Å². The van der Waals surface area contributed by atoms with Crippen LogP contribution in [0, 0.1) is 0 Å². The lowest BCUT2D eigenvalue weighted by Crippen LogP contribution is -2.40. The number of nitrogens with zero attached hydrogens (tertiary/aromatic N) is 4. The standard InChI is InChI=1S/C16H24F3N7O.HI/c1-2-20-14(24-11-13(27)26-9-3-4-10-26)22-7-8-23-15-21-6-5-12(25-15)16(17,18)19;/h5-6H,2-4,7-11H2,1H3,(H2,20,22,24)(H,21,23,25);1H. The molecule has 28 heavy (non-hydrogen) atoms. The quantitative estimate of drug-likeness (QED) is 0.222. The van der Waals surface area contributed by atoms with Crippen LogP contribution < -0.4 is 16.0 Å². The predicted octanol–water partition coefficient (Wildman–Crippen LogP) is 1.70.